The molecule has 0 atom stereocenters. The second-order valence-electron chi connectivity index (χ2n) is 7.75. The third kappa shape index (κ3) is 6.07. The summed E-state index contributed by atoms with van der Waals surface area (Å²) in [6, 6.07) is 15.2. The minimum atomic E-state index is -0.294. The van der Waals surface area contributed by atoms with Crippen molar-refractivity contribution in [3.05, 3.63) is 72.1 Å². The summed E-state index contributed by atoms with van der Waals surface area (Å²) in [5.74, 6) is 1.92. The minimum absolute atomic E-state index is 0.0902. The van der Waals surface area contributed by atoms with Crippen LogP contribution in [0.5, 0.6) is 17.2 Å². The number of nitrogens with zero attached hydrogens (tertiary/aromatic N) is 5. The van der Waals surface area contributed by atoms with Crippen molar-refractivity contribution in [2.45, 2.75) is 12.1 Å². The Balaban J connectivity index is 1.48. The van der Waals surface area contributed by atoms with Gasteiger partial charge in [0.25, 0.3) is 5.91 Å². The lowest BCUT2D eigenvalue weighted by Crippen LogP contribution is -2.20. The number of thioether (sulfide) groups is 1. The number of aryl methyl sites for hydroxylation is 1. The van der Waals surface area contributed by atoms with Crippen LogP contribution < -0.4 is 19.6 Å². The number of hydrogen-bond donors (Lipinski definition) is 1. The molecule has 0 radical (unpaired) electrons. The first-order valence-electron chi connectivity index (χ1n) is 11.2. The summed E-state index contributed by atoms with van der Waals surface area (Å²) in [6.45, 7) is 2.03. The number of pyridine rings is 1. The van der Waals surface area contributed by atoms with Crippen LogP contribution in [0.25, 0.3) is 17.1 Å². The number of amides is 1. The molecule has 2 aromatic carbocycles. The maximum absolute atomic E-state index is 12.5. The summed E-state index contributed by atoms with van der Waals surface area (Å²) in [5.41, 5.74) is 6.11. The van der Waals surface area contributed by atoms with Crippen molar-refractivity contribution >= 4 is 23.9 Å². The van der Waals surface area contributed by atoms with Gasteiger partial charge in [-0.2, -0.15) is 5.10 Å². The van der Waals surface area contributed by atoms with E-state index in [1.165, 1.54) is 39.3 Å². The largest absolute Gasteiger partial charge is 0.493 e. The van der Waals surface area contributed by atoms with Crippen LogP contribution >= 0.6 is 11.8 Å². The molecule has 0 saturated carbocycles. The minimum Gasteiger partial charge on any atom is -0.493 e. The van der Waals surface area contributed by atoms with Gasteiger partial charge in [-0.05, 0) is 43.3 Å². The summed E-state index contributed by atoms with van der Waals surface area (Å²) in [5, 5.41) is 13.4. The van der Waals surface area contributed by atoms with Gasteiger partial charge in [0.1, 0.15) is 0 Å². The van der Waals surface area contributed by atoms with Crippen molar-refractivity contribution in [1.82, 2.24) is 25.2 Å². The van der Waals surface area contributed by atoms with Crippen LogP contribution in [-0.2, 0) is 4.79 Å². The Kier molecular flexibility index (Phi) is 8.37. The molecule has 0 fully saturated rings. The fraction of sp³-hybridized carbons (Fsp3) is 0.192. The second-order valence-corrected chi connectivity index (χ2v) is 8.70. The Morgan fingerprint density at radius 3 is 2.30 bits per heavy atom. The average Bonchev–Trinajstić information content (AvgIpc) is 3.36. The third-order valence-electron chi connectivity index (χ3n) is 5.29. The fourth-order valence-electron chi connectivity index (χ4n) is 3.50. The van der Waals surface area contributed by atoms with Crippen LogP contribution in [0.4, 0.5) is 0 Å². The van der Waals surface area contributed by atoms with Crippen molar-refractivity contribution in [3.8, 4) is 34.3 Å². The Morgan fingerprint density at radius 1 is 1.00 bits per heavy atom. The van der Waals surface area contributed by atoms with E-state index in [0.29, 0.717) is 33.8 Å². The molecule has 4 rings (SSSR count). The number of carbonyl (C=O) groups excluding carboxylic acids is 1. The highest BCUT2D eigenvalue weighted by Gasteiger charge is 2.17. The lowest BCUT2D eigenvalue weighted by Gasteiger charge is -2.12. The molecule has 0 bridgehead atoms. The number of methoxy groups -OCH3 is 3. The smallest absolute Gasteiger partial charge is 0.250 e. The highest BCUT2D eigenvalue weighted by Crippen LogP contribution is 2.37. The Bertz CT molecular complexity index is 1370. The molecule has 11 heteroatoms. The molecule has 37 heavy (non-hydrogen) atoms. The lowest BCUT2D eigenvalue weighted by atomic mass is 10.2. The first-order chi connectivity index (χ1) is 18.0. The Morgan fingerprint density at radius 2 is 1.68 bits per heavy atom. The fourth-order valence-corrected chi connectivity index (χ4v) is 4.24. The van der Waals surface area contributed by atoms with Gasteiger partial charge in [0.05, 0.1) is 33.3 Å². The van der Waals surface area contributed by atoms with Gasteiger partial charge in [0.2, 0.25) is 5.75 Å². The van der Waals surface area contributed by atoms with Crippen LogP contribution in [0.1, 0.15) is 11.1 Å². The molecule has 4 aromatic rings. The first-order valence-corrected chi connectivity index (χ1v) is 12.2. The van der Waals surface area contributed by atoms with Crippen LogP contribution in [0.3, 0.4) is 0 Å². The molecule has 0 aliphatic carbocycles. The molecule has 1 N–H and O–H groups in total. The average molecular weight is 519 g/mol. The predicted octanol–water partition coefficient (Wildman–Crippen LogP) is 3.91. The van der Waals surface area contributed by atoms with Crippen molar-refractivity contribution in [2.24, 2.45) is 5.10 Å². The second kappa shape index (κ2) is 12.0. The third-order valence-corrected chi connectivity index (χ3v) is 6.22. The van der Waals surface area contributed by atoms with E-state index >= 15 is 0 Å². The van der Waals surface area contributed by atoms with Gasteiger partial charge >= 0.3 is 0 Å². The number of nitrogens with one attached hydrogen (secondary N) is 1. The number of carbonyl (C=O) groups is 1. The van der Waals surface area contributed by atoms with Gasteiger partial charge in [0, 0.05) is 29.2 Å². The van der Waals surface area contributed by atoms with E-state index in [2.05, 4.69) is 25.7 Å². The van der Waals surface area contributed by atoms with Crippen LogP contribution in [0, 0.1) is 6.92 Å². The summed E-state index contributed by atoms with van der Waals surface area (Å²) in [4.78, 5) is 16.6. The number of benzene rings is 2. The van der Waals surface area contributed by atoms with Gasteiger partial charge in [-0.25, -0.2) is 5.43 Å². The van der Waals surface area contributed by atoms with E-state index in [4.69, 9.17) is 14.2 Å². The highest BCUT2D eigenvalue weighted by molar-refractivity contribution is 7.99. The van der Waals surface area contributed by atoms with Crippen LogP contribution in [0.2, 0.25) is 0 Å². The summed E-state index contributed by atoms with van der Waals surface area (Å²) in [6.07, 6.45) is 4.91. The van der Waals surface area contributed by atoms with Gasteiger partial charge in [-0.15, -0.1) is 10.2 Å². The number of aromatic nitrogens is 4. The predicted molar refractivity (Wildman–Crippen MR) is 142 cm³/mol. The van der Waals surface area contributed by atoms with E-state index in [0.717, 1.165) is 16.8 Å². The normalized spacial score (nSPS) is 10.9. The van der Waals surface area contributed by atoms with Crippen molar-refractivity contribution in [1.29, 1.82) is 0 Å². The van der Waals surface area contributed by atoms with Gasteiger partial charge in [0.15, 0.2) is 22.5 Å². The quantitative estimate of drug-likeness (QED) is 0.191. The molecule has 0 unspecified atom stereocenters. The first kappa shape index (κ1) is 25.7. The zero-order valence-electron chi connectivity index (χ0n) is 20.8. The topological polar surface area (TPSA) is 113 Å². The molecule has 0 aliphatic rings. The summed E-state index contributed by atoms with van der Waals surface area (Å²) in [7, 11) is 4.60. The number of rotatable bonds is 10. The maximum atomic E-state index is 12.5. The lowest BCUT2D eigenvalue weighted by molar-refractivity contribution is -0.118. The number of hydrogen-bond acceptors (Lipinski definition) is 9. The van der Waals surface area contributed by atoms with Crippen LogP contribution in [-0.4, -0.2) is 59.0 Å². The standard InChI is InChI=1S/C26H26N6O4S/c1-17-5-7-20(8-6-17)32-25(19-9-11-27-12-10-19)30-31-26(32)37-16-23(33)29-28-15-18-13-21(34-2)24(36-4)22(14-18)35-3/h5-15H,16H2,1-4H3,(H,29,33)/b28-15+. The zero-order chi connectivity index (χ0) is 26.2. The molecular formula is C26H26N6O4S. The van der Waals surface area contributed by atoms with E-state index in [9.17, 15) is 4.79 Å². The van der Waals surface area contributed by atoms with Crippen molar-refractivity contribution in [2.75, 3.05) is 27.1 Å². The molecule has 1 amide bonds. The summed E-state index contributed by atoms with van der Waals surface area (Å²) >= 11 is 1.26. The number of ether oxygens (including phenoxy) is 3. The van der Waals surface area contributed by atoms with Crippen molar-refractivity contribution in [3.63, 3.8) is 0 Å². The molecule has 10 nitrogen and oxygen atoms in total. The molecule has 2 aromatic heterocycles. The molecule has 190 valence electrons. The Labute approximate surface area is 218 Å². The monoisotopic (exact) mass is 518 g/mol. The van der Waals surface area contributed by atoms with Crippen molar-refractivity contribution < 1.29 is 19.0 Å². The maximum Gasteiger partial charge on any atom is 0.250 e. The zero-order valence-corrected chi connectivity index (χ0v) is 21.7. The van der Waals surface area contributed by atoms with E-state index < -0.39 is 0 Å². The SMILES string of the molecule is COc1cc(/C=N/NC(=O)CSc2nnc(-c3ccncc3)n2-c2ccc(C)cc2)cc(OC)c1OC. The van der Waals surface area contributed by atoms with E-state index in [1.54, 1.807) is 24.5 Å². The molecule has 0 spiro atoms. The van der Waals surface area contributed by atoms with Gasteiger partial charge in [-0.3, -0.25) is 14.3 Å². The number of hydrazone groups is 1. The summed E-state index contributed by atoms with van der Waals surface area (Å²) < 4.78 is 17.9. The van der Waals surface area contributed by atoms with E-state index in [-0.39, 0.29) is 11.7 Å². The highest BCUT2D eigenvalue weighted by atomic mass is 32.2. The van der Waals surface area contributed by atoms with Gasteiger partial charge in [-0.1, -0.05) is 29.5 Å². The molecule has 2 heterocycles. The van der Waals surface area contributed by atoms with Gasteiger partial charge < -0.3 is 14.2 Å². The van der Waals surface area contributed by atoms with E-state index in [1.807, 2.05) is 47.9 Å². The Hall–Kier alpha value is -4.38. The molecule has 0 saturated heterocycles. The van der Waals surface area contributed by atoms with Crippen LogP contribution in [0.15, 0.2) is 71.2 Å². The molecular weight excluding hydrogens is 492 g/mol. The molecule has 0 aliphatic heterocycles.